The van der Waals surface area contributed by atoms with Crippen molar-refractivity contribution in [3.8, 4) is 6.07 Å². The first-order chi connectivity index (χ1) is 6.13. The fourth-order valence-corrected chi connectivity index (χ4v) is 0.942. The third-order valence-corrected chi connectivity index (χ3v) is 1.97. The highest BCUT2D eigenvalue weighted by Gasteiger charge is 2.15. The molecule has 0 saturated carbocycles. The van der Waals surface area contributed by atoms with E-state index >= 15 is 0 Å². The van der Waals surface area contributed by atoms with Crippen LogP contribution in [0.4, 0.5) is 0 Å². The lowest BCUT2D eigenvalue weighted by molar-refractivity contribution is -0.125. The molecule has 0 aliphatic rings. The van der Waals surface area contributed by atoms with Gasteiger partial charge in [-0.1, -0.05) is 0 Å². The highest BCUT2D eigenvalue weighted by molar-refractivity contribution is 5.81. The minimum absolute atomic E-state index is 0.0166. The standard InChI is InChI=1S/C9H17N3O/c1-4-11-9(13)8(2)12(3)7-5-6-10/h8H,4-5,7H2,1-3H3,(H,11,13). The molecule has 0 aromatic heterocycles. The molecule has 0 saturated heterocycles. The minimum atomic E-state index is -0.159. The van der Waals surface area contributed by atoms with E-state index in [1.807, 2.05) is 25.8 Å². The van der Waals surface area contributed by atoms with Crippen LogP contribution in [0.25, 0.3) is 0 Å². The van der Waals surface area contributed by atoms with Crippen molar-refractivity contribution in [2.24, 2.45) is 0 Å². The molecule has 1 N–H and O–H groups in total. The van der Waals surface area contributed by atoms with E-state index in [2.05, 4.69) is 11.4 Å². The Bertz CT molecular complexity index is 198. The average molecular weight is 183 g/mol. The van der Waals surface area contributed by atoms with Crippen LogP contribution in [0, 0.1) is 11.3 Å². The van der Waals surface area contributed by atoms with Crippen LogP contribution >= 0.6 is 0 Å². The van der Waals surface area contributed by atoms with Crippen molar-refractivity contribution < 1.29 is 4.79 Å². The molecule has 1 amide bonds. The summed E-state index contributed by atoms with van der Waals surface area (Å²) in [5.41, 5.74) is 0. The molecule has 0 aromatic carbocycles. The number of nitrogens with zero attached hydrogens (tertiary/aromatic N) is 2. The number of nitrogens with one attached hydrogen (secondary N) is 1. The minimum Gasteiger partial charge on any atom is -0.355 e. The predicted octanol–water partition coefficient (Wildman–Crippen LogP) is 0.356. The largest absolute Gasteiger partial charge is 0.355 e. The third kappa shape index (κ3) is 4.48. The number of rotatable bonds is 5. The van der Waals surface area contributed by atoms with E-state index in [1.54, 1.807) is 0 Å². The lowest BCUT2D eigenvalue weighted by atomic mass is 10.2. The molecule has 4 nitrogen and oxygen atoms in total. The number of hydrogen-bond acceptors (Lipinski definition) is 3. The summed E-state index contributed by atoms with van der Waals surface area (Å²) in [7, 11) is 1.84. The fourth-order valence-electron chi connectivity index (χ4n) is 0.942. The molecule has 0 aromatic rings. The summed E-state index contributed by atoms with van der Waals surface area (Å²) in [6, 6.07) is 1.89. The summed E-state index contributed by atoms with van der Waals surface area (Å²) in [5.74, 6) is 0.0166. The molecule has 0 rings (SSSR count). The zero-order valence-electron chi connectivity index (χ0n) is 8.50. The number of carbonyl (C=O) groups excluding carboxylic acids is 1. The van der Waals surface area contributed by atoms with Crippen molar-refractivity contribution in [1.82, 2.24) is 10.2 Å². The van der Waals surface area contributed by atoms with Gasteiger partial charge >= 0.3 is 0 Å². The van der Waals surface area contributed by atoms with Gasteiger partial charge in [-0.25, -0.2) is 0 Å². The van der Waals surface area contributed by atoms with Gasteiger partial charge in [0.15, 0.2) is 0 Å². The Kier molecular flexibility index (Phi) is 5.90. The lowest BCUT2D eigenvalue weighted by Crippen LogP contribution is -2.43. The molecule has 1 atom stereocenters. The first-order valence-electron chi connectivity index (χ1n) is 4.48. The summed E-state index contributed by atoms with van der Waals surface area (Å²) >= 11 is 0. The van der Waals surface area contributed by atoms with Crippen molar-refractivity contribution in [1.29, 1.82) is 5.26 Å². The fraction of sp³-hybridized carbons (Fsp3) is 0.778. The molecule has 4 heteroatoms. The van der Waals surface area contributed by atoms with Gasteiger partial charge in [-0.15, -0.1) is 0 Å². The molecule has 0 radical (unpaired) electrons. The highest BCUT2D eigenvalue weighted by Crippen LogP contribution is 1.96. The summed E-state index contributed by atoms with van der Waals surface area (Å²) in [6.45, 7) is 5.01. The maximum Gasteiger partial charge on any atom is 0.237 e. The average Bonchev–Trinajstić information content (AvgIpc) is 2.13. The predicted molar refractivity (Wildman–Crippen MR) is 51.0 cm³/mol. The summed E-state index contributed by atoms with van der Waals surface area (Å²) in [4.78, 5) is 13.2. The second-order valence-electron chi connectivity index (χ2n) is 2.96. The summed E-state index contributed by atoms with van der Waals surface area (Å²) in [5, 5.41) is 11.1. The molecule has 1 unspecified atom stereocenters. The molecule has 0 heterocycles. The van der Waals surface area contributed by atoms with Crippen molar-refractivity contribution in [2.75, 3.05) is 20.1 Å². The zero-order valence-corrected chi connectivity index (χ0v) is 8.50. The lowest BCUT2D eigenvalue weighted by Gasteiger charge is -2.22. The first-order valence-corrected chi connectivity index (χ1v) is 4.48. The Balaban J connectivity index is 3.87. The SMILES string of the molecule is CCNC(=O)C(C)N(C)CCC#N. The van der Waals surface area contributed by atoms with Crippen LogP contribution in [0.2, 0.25) is 0 Å². The Morgan fingerprint density at radius 1 is 1.69 bits per heavy atom. The second-order valence-corrected chi connectivity index (χ2v) is 2.96. The van der Waals surface area contributed by atoms with Crippen LogP contribution in [0.1, 0.15) is 20.3 Å². The van der Waals surface area contributed by atoms with Gasteiger partial charge in [0.05, 0.1) is 12.1 Å². The Morgan fingerprint density at radius 3 is 2.77 bits per heavy atom. The molecule has 13 heavy (non-hydrogen) atoms. The van der Waals surface area contributed by atoms with Gasteiger partial charge in [0.2, 0.25) is 5.91 Å². The van der Waals surface area contributed by atoms with E-state index in [0.717, 1.165) is 0 Å². The van der Waals surface area contributed by atoms with Crippen LogP contribution in [0.5, 0.6) is 0 Å². The summed E-state index contributed by atoms with van der Waals surface area (Å²) in [6.07, 6.45) is 0.459. The van der Waals surface area contributed by atoms with Crippen LogP contribution in [0.15, 0.2) is 0 Å². The quantitative estimate of drug-likeness (QED) is 0.669. The van der Waals surface area contributed by atoms with E-state index in [-0.39, 0.29) is 11.9 Å². The third-order valence-electron chi connectivity index (χ3n) is 1.97. The van der Waals surface area contributed by atoms with Crippen LogP contribution in [-0.4, -0.2) is 37.0 Å². The van der Waals surface area contributed by atoms with Crippen LogP contribution < -0.4 is 5.32 Å². The Morgan fingerprint density at radius 2 is 2.31 bits per heavy atom. The molecule has 0 bridgehead atoms. The first kappa shape index (κ1) is 11.9. The number of likely N-dealkylation sites (N-methyl/N-ethyl adjacent to an activating group) is 2. The number of hydrogen-bond donors (Lipinski definition) is 1. The van der Waals surface area contributed by atoms with Gasteiger partial charge in [-0.3, -0.25) is 9.69 Å². The van der Waals surface area contributed by atoms with E-state index < -0.39 is 0 Å². The van der Waals surface area contributed by atoms with Gasteiger partial charge in [-0.2, -0.15) is 5.26 Å². The molecular formula is C9H17N3O. The van der Waals surface area contributed by atoms with Crippen LogP contribution in [-0.2, 0) is 4.79 Å². The van der Waals surface area contributed by atoms with Crippen molar-refractivity contribution in [2.45, 2.75) is 26.3 Å². The van der Waals surface area contributed by atoms with Gasteiger partial charge in [0.25, 0.3) is 0 Å². The molecule has 74 valence electrons. The number of amides is 1. The number of carbonyl (C=O) groups is 1. The van der Waals surface area contributed by atoms with Crippen LogP contribution in [0.3, 0.4) is 0 Å². The smallest absolute Gasteiger partial charge is 0.237 e. The second kappa shape index (κ2) is 6.44. The van der Waals surface area contributed by atoms with Gasteiger partial charge in [-0.05, 0) is 20.9 Å². The normalized spacial score (nSPS) is 12.2. The molecule has 0 spiro atoms. The van der Waals surface area contributed by atoms with Crippen molar-refractivity contribution >= 4 is 5.91 Å². The highest BCUT2D eigenvalue weighted by atomic mass is 16.2. The van der Waals surface area contributed by atoms with E-state index in [1.165, 1.54) is 0 Å². The van der Waals surface area contributed by atoms with E-state index in [0.29, 0.717) is 19.5 Å². The van der Waals surface area contributed by atoms with Gasteiger partial charge < -0.3 is 5.32 Å². The Labute approximate surface area is 79.5 Å². The molecule has 0 aliphatic heterocycles. The molecule has 0 fully saturated rings. The molecular weight excluding hydrogens is 166 g/mol. The maximum atomic E-state index is 11.3. The van der Waals surface area contributed by atoms with Gasteiger partial charge in [0.1, 0.15) is 0 Å². The Hall–Kier alpha value is -1.08. The summed E-state index contributed by atoms with van der Waals surface area (Å²) < 4.78 is 0. The molecule has 0 aliphatic carbocycles. The van der Waals surface area contributed by atoms with Gasteiger partial charge in [0, 0.05) is 19.5 Å². The monoisotopic (exact) mass is 183 g/mol. The number of nitriles is 1. The maximum absolute atomic E-state index is 11.3. The zero-order chi connectivity index (χ0) is 10.3. The van der Waals surface area contributed by atoms with E-state index in [4.69, 9.17) is 5.26 Å². The van der Waals surface area contributed by atoms with Crippen molar-refractivity contribution in [3.05, 3.63) is 0 Å². The van der Waals surface area contributed by atoms with Crippen molar-refractivity contribution in [3.63, 3.8) is 0 Å². The topological polar surface area (TPSA) is 56.1 Å². The van der Waals surface area contributed by atoms with E-state index in [9.17, 15) is 4.79 Å².